The molecule has 1 unspecified atom stereocenters. The van der Waals surface area contributed by atoms with Gasteiger partial charge in [0.15, 0.2) is 21.3 Å². The fraction of sp³-hybridized carbons (Fsp3) is 0.389. The van der Waals surface area contributed by atoms with E-state index in [-0.39, 0.29) is 29.1 Å². The monoisotopic (exact) mass is 390 g/mol. The van der Waals surface area contributed by atoms with E-state index in [1.54, 1.807) is 48.3 Å². The Morgan fingerprint density at radius 2 is 1.96 bits per heavy atom. The third-order valence-electron chi connectivity index (χ3n) is 4.42. The number of amides is 1. The second kappa shape index (κ2) is 7.91. The first-order valence-electron chi connectivity index (χ1n) is 8.69. The molecule has 8 nitrogen and oxygen atoms in total. The van der Waals surface area contributed by atoms with Crippen molar-refractivity contribution < 1.29 is 17.9 Å². The lowest BCUT2D eigenvalue weighted by Gasteiger charge is -2.23. The molecule has 1 aromatic heterocycles. The summed E-state index contributed by atoms with van der Waals surface area (Å²) in [6.07, 6.45) is 0.570. The Hall–Kier alpha value is -2.68. The summed E-state index contributed by atoms with van der Waals surface area (Å²) in [6, 6.07) is 10.2. The fourth-order valence-corrected chi connectivity index (χ4v) is 4.67. The molecule has 0 bridgehead atoms. The van der Waals surface area contributed by atoms with Crippen molar-refractivity contribution in [2.75, 3.05) is 35.4 Å². The van der Waals surface area contributed by atoms with Gasteiger partial charge in [-0.3, -0.25) is 4.79 Å². The van der Waals surface area contributed by atoms with Gasteiger partial charge in [-0.2, -0.15) is 0 Å². The van der Waals surface area contributed by atoms with Gasteiger partial charge in [0, 0.05) is 18.8 Å². The number of nitrogens with one attached hydrogen (secondary N) is 1. The molecule has 2 aromatic rings. The molecule has 0 radical (unpaired) electrons. The van der Waals surface area contributed by atoms with Crippen LogP contribution < -0.4 is 15.0 Å². The highest BCUT2D eigenvalue weighted by atomic mass is 32.2. The van der Waals surface area contributed by atoms with E-state index in [9.17, 15) is 13.2 Å². The van der Waals surface area contributed by atoms with Crippen molar-refractivity contribution in [1.82, 2.24) is 10.2 Å². The number of carbonyl (C=O) groups is 1. The van der Waals surface area contributed by atoms with Gasteiger partial charge in [0.05, 0.1) is 18.1 Å². The maximum Gasteiger partial charge on any atom is 0.276 e. The zero-order valence-electron chi connectivity index (χ0n) is 15.3. The zero-order chi connectivity index (χ0) is 19.4. The van der Waals surface area contributed by atoms with Gasteiger partial charge in [0.25, 0.3) is 5.91 Å². The number of sulfone groups is 1. The molecule has 1 aliphatic heterocycles. The van der Waals surface area contributed by atoms with Crippen LogP contribution in [0.25, 0.3) is 0 Å². The lowest BCUT2D eigenvalue weighted by molar-refractivity contribution is 0.102. The third-order valence-corrected chi connectivity index (χ3v) is 6.17. The van der Waals surface area contributed by atoms with Crippen molar-refractivity contribution in [2.24, 2.45) is 0 Å². The Morgan fingerprint density at radius 1 is 1.22 bits per heavy atom. The van der Waals surface area contributed by atoms with Crippen LogP contribution in [0.3, 0.4) is 0 Å². The van der Waals surface area contributed by atoms with E-state index < -0.39 is 9.84 Å². The standard InChI is InChI=1S/C18H22N4O4S/c1-3-26-15-6-4-13(5-7-15)19-18(23)16-8-9-17(21-20-16)22(2)14-10-11-27(24,25)12-14/h4-9,14H,3,10-12H2,1-2H3,(H,19,23). The van der Waals surface area contributed by atoms with Gasteiger partial charge in [-0.05, 0) is 49.7 Å². The van der Waals surface area contributed by atoms with Crippen LogP contribution in [-0.2, 0) is 9.84 Å². The van der Waals surface area contributed by atoms with Gasteiger partial charge in [0.2, 0.25) is 0 Å². The number of ether oxygens (including phenoxy) is 1. The number of hydrogen-bond acceptors (Lipinski definition) is 7. The minimum atomic E-state index is -2.97. The SMILES string of the molecule is CCOc1ccc(NC(=O)c2ccc(N(C)C3CCS(=O)(=O)C3)nn2)cc1. The molecule has 1 aromatic carbocycles. The molecule has 1 saturated heterocycles. The lowest BCUT2D eigenvalue weighted by atomic mass is 10.2. The largest absolute Gasteiger partial charge is 0.494 e. The van der Waals surface area contributed by atoms with Crippen molar-refractivity contribution in [1.29, 1.82) is 0 Å². The number of nitrogens with zero attached hydrogens (tertiary/aromatic N) is 3. The lowest BCUT2D eigenvalue weighted by Crippen LogP contribution is -2.33. The molecule has 3 rings (SSSR count). The molecule has 1 atom stereocenters. The first-order valence-corrected chi connectivity index (χ1v) is 10.5. The summed E-state index contributed by atoms with van der Waals surface area (Å²) >= 11 is 0. The Balaban J connectivity index is 1.63. The topological polar surface area (TPSA) is 101 Å². The smallest absolute Gasteiger partial charge is 0.276 e. The van der Waals surface area contributed by atoms with E-state index in [0.717, 1.165) is 5.75 Å². The van der Waals surface area contributed by atoms with Gasteiger partial charge in [-0.1, -0.05) is 0 Å². The summed E-state index contributed by atoms with van der Waals surface area (Å²) in [4.78, 5) is 14.1. The summed E-state index contributed by atoms with van der Waals surface area (Å²) in [5.74, 6) is 1.21. The Morgan fingerprint density at radius 3 is 2.52 bits per heavy atom. The number of hydrogen-bond donors (Lipinski definition) is 1. The van der Waals surface area contributed by atoms with Crippen molar-refractivity contribution in [3.8, 4) is 5.75 Å². The molecule has 0 aliphatic carbocycles. The number of carbonyl (C=O) groups excluding carboxylic acids is 1. The molecule has 27 heavy (non-hydrogen) atoms. The van der Waals surface area contributed by atoms with E-state index >= 15 is 0 Å². The van der Waals surface area contributed by atoms with Crippen molar-refractivity contribution >= 4 is 27.2 Å². The fourth-order valence-electron chi connectivity index (χ4n) is 2.90. The maximum absolute atomic E-state index is 12.3. The minimum Gasteiger partial charge on any atom is -0.494 e. The van der Waals surface area contributed by atoms with E-state index in [4.69, 9.17) is 4.74 Å². The van der Waals surface area contributed by atoms with Crippen LogP contribution in [0, 0.1) is 0 Å². The van der Waals surface area contributed by atoms with Gasteiger partial charge >= 0.3 is 0 Å². The average molecular weight is 390 g/mol. The van der Waals surface area contributed by atoms with E-state index in [0.29, 0.717) is 24.5 Å². The predicted octanol–water partition coefficient (Wildman–Crippen LogP) is 1.75. The van der Waals surface area contributed by atoms with Gasteiger partial charge in [0.1, 0.15) is 5.75 Å². The molecule has 0 saturated carbocycles. The van der Waals surface area contributed by atoms with E-state index in [1.807, 2.05) is 6.92 Å². The molecule has 2 heterocycles. The minimum absolute atomic E-state index is 0.116. The van der Waals surface area contributed by atoms with Crippen molar-refractivity contribution in [3.63, 3.8) is 0 Å². The second-order valence-electron chi connectivity index (χ2n) is 6.36. The third kappa shape index (κ3) is 4.73. The van der Waals surface area contributed by atoms with Crippen LogP contribution >= 0.6 is 0 Å². The quantitative estimate of drug-likeness (QED) is 0.802. The molecule has 1 N–H and O–H groups in total. The van der Waals surface area contributed by atoms with Crippen molar-refractivity contribution in [2.45, 2.75) is 19.4 Å². The summed E-state index contributed by atoms with van der Waals surface area (Å²) < 4.78 is 28.6. The van der Waals surface area contributed by atoms with Crippen LogP contribution in [0.4, 0.5) is 11.5 Å². The maximum atomic E-state index is 12.3. The molecular weight excluding hydrogens is 368 g/mol. The van der Waals surface area contributed by atoms with Crippen LogP contribution in [0.5, 0.6) is 5.75 Å². The first-order chi connectivity index (χ1) is 12.9. The molecule has 1 amide bonds. The Kier molecular flexibility index (Phi) is 5.59. The molecule has 1 aliphatic rings. The summed E-state index contributed by atoms with van der Waals surface area (Å²) in [7, 11) is -1.19. The van der Waals surface area contributed by atoms with Gasteiger partial charge < -0.3 is 15.0 Å². The zero-order valence-corrected chi connectivity index (χ0v) is 16.1. The highest BCUT2D eigenvalue weighted by Crippen LogP contribution is 2.21. The van der Waals surface area contributed by atoms with Crippen LogP contribution in [0.1, 0.15) is 23.8 Å². The first kappa shape index (κ1) is 19.1. The molecule has 9 heteroatoms. The predicted molar refractivity (Wildman–Crippen MR) is 103 cm³/mol. The van der Waals surface area contributed by atoms with Gasteiger partial charge in [-0.25, -0.2) is 8.42 Å². The molecule has 0 spiro atoms. The molecule has 144 valence electrons. The van der Waals surface area contributed by atoms with E-state index in [1.165, 1.54) is 0 Å². The molecule has 1 fully saturated rings. The van der Waals surface area contributed by atoms with Crippen molar-refractivity contribution in [3.05, 3.63) is 42.1 Å². The second-order valence-corrected chi connectivity index (χ2v) is 8.58. The Bertz CT molecular complexity index is 898. The molecular formula is C18H22N4O4S. The Labute approximate surface area is 158 Å². The number of benzene rings is 1. The number of aromatic nitrogens is 2. The number of anilines is 2. The highest BCUT2D eigenvalue weighted by Gasteiger charge is 2.31. The van der Waals surface area contributed by atoms with Crippen LogP contribution in [0.15, 0.2) is 36.4 Å². The normalized spacial score (nSPS) is 18.1. The summed E-state index contributed by atoms with van der Waals surface area (Å²) in [6.45, 7) is 2.48. The van der Waals surface area contributed by atoms with Crippen LogP contribution in [0.2, 0.25) is 0 Å². The number of rotatable bonds is 6. The summed E-state index contributed by atoms with van der Waals surface area (Å²) in [5.41, 5.74) is 0.808. The average Bonchev–Trinajstić information content (AvgIpc) is 3.03. The van der Waals surface area contributed by atoms with Gasteiger partial charge in [-0.15, -0.1) is 10.2 Å². The van der Waals surface area contributed by atoms with Crippen LogP contribution in [-0.4, -0.2) is 55.7 Å². The summed E-state index contributed by atoms with van der Waals surface area (Å²) in [5, 5.41) is 10.8. The van der Waals surface area contributed by atoms with E-state index in [2.05, 4.69) is 15.5 Å². The highest BCUT2D eigenvalue weighted by molar-refractivity contribution is 7.91.